The molecule has 1 saturated heterocycles. The Hall–Kier alpha value is -1.84. The second kappa shape index (κ2) is 12.5. The fraction of sp³-hybridized carbons (Fsp3) is 0.611. The van der Waals surface area contributed by atoms with Gasteiger partial charge in [-0.25, -0.2) is 4.99 Å². The van der Waals surface area contributed by atoms with Crippen LogP contribution in [0.4, 0.5) is 5.69 Å². The summed E-state index contributed by atoms with van der Waals surface area (Å²) < 4.78 is 5.37. The van der Waals surface area contributed by atoms with E-state index in [1.54, 1.807) is 23.9 Å². The van der Waals surface area contributed by atoms with Crippen LogP contribution >= 0.6 is 11.8 Å². The summed E-state index contributed by atoms with van der Waals surface area (Å²) in [5, 5.41) is 17.4. The van der Waals surface area contributed by atoms with Gasteiger partial charge < -0.3 is 15.4 Å². The zero-order valence-corrected chi connectivity index (χ0v) is 16.7. The van der Waals surface area contributed by atoms with Crippen LogP contribution in [0.15, 0.2) is 29.3 Å². The van der Waals surface area contributed by atoms with Crippen molar-refractivity contribution >= 4 is 23.4 Å². The van der Waals surface area contributed by atoms with Crippen LogP contribution in [0.1, 0.15) is 12.0 Å². The molecule has 2 N–H and O–H groups in total. The number of thioether (sulfide) groups is 1. The van der Waals surface area contributed by atoms with E-state index >= 15 is 0 Å². The van der Waals surface area contributed by atoms with Gasteiger partial charge in [-0.15, -0.1) is 0 Å². The summed E-state index contributed by atoms with van der Waals surface area (Å²) in [6.45, 7) is 6.89. The lowest BCUT2D eigenvalue weighted by Gasteiger charge is -2.26. The first kappa shape index (κ1) is 21.5. The quantitative estimate of drug-likeness (QED) is 0.205. The van der Waals surface area contributed by atoms with E-state index < -0.39 is 4.92 Å². The molecule has 1 heterocycles. The van der Waals surface area contributed by atoms with Gasteiger partial charge in [-0.05, 0) is 24.8 Å². The summed E-state index contributed by atoms with van der Waals surface area (Å²) in [6, 6.07) is 6.53. The first-order valence-corrected chi connectivity index (χ1v) is 10.6. The van der Waals surface area contributed by atoms with Gasteiger partial charge in [0, 0.05) is 44.1 Å². The zero-order valence-electron chi connectivity index (χ0n) is 15.9. The van der Waals surface area contributed by atoms with Gasteiger partial charge >= 0.3 is 0 Å². The molecule has 0 atom stereocenters. The average Bonchev–Trinajstić information content (AvgIpc) is 2.70. The maximum Gasteiger partial charge on any atom is 0.269 e. The summed E-state index contributed by atoms with van der Waals surface area (Å²) in [7, 11) is 0. The molecule has 0 aliphatic carbocycles. The van der Waals surface area contributed by atoms with Crippen LogP contribution in [0.3, 0.4) is 0 Å². The molecule has 1 aliphatic rings. The predicted molar refractivity (Wildman–Crippen MR) is 110 cm³/mol. The van der Waals surface area contributed by atoms with Crippen LogP contribution in [-0.2, 0) is 11.3 Å². The van der Waals surface area contributed by atoms with Crippen molar-refractivity contribution in [1.82, 2.24) is 15.5 Å². The molecular formula is C18H29N5O3S. The topological polar surface area (TPSA) is 92.0 Å². The molecule has 9 heteroatoms. The molecule has 1 aromatic rings. The van der Waals surface area contributed by atoms with Crippen molar-refractivity contribution in [2.75, 3.05) is 57.9 Å². The number of hydrogen-bond acceptors (Lipinski definition) is 6. The van der Waals surface area contributed by atoms with Crippen molar-refractivity contribution in [3.8, 4) is 0 Å². The number of benzene rings is 1. The third-order valence-corrected chi connectivity index (χ3v) is 4.83. The minimum Gasteiger partial charge on any atom is -0.379 e. The highest BCUT2D eigenvalue weighted by molar-refractivity contribution is 7.98. The third-order valence-electron chi connectivity index (χ3n) is 4.21. The maximum atomic E-state index is 10.7. The molecule has 0 unspecified atom stereocenters. The third kappa shape index (κ3) is 8.59. The molecule has 0 aromatic heterocycles. The Kier molecular flexibility index (Phi) is 9.96. The van der Waals surface area contributed by atoms with Gasteiger partial charge in [0.25, 0.3) is 5.69 Å². The second-order valence-electron chi connectivity index (χ2n) is 6.24. The summed E-state index contributed by atoms with van der Waals surface area (Å²) in [4.78, 5) is 17.4. The predicted octanol–water partition coefficient (Wildman–Crippen LogP) is 1.72. The largest absolute Gasteiger partial charge is 0.379 e. The Labute approximate surface area is 164 Å². The molecule has 1 fully saturated rings. The number of ether oxygens (including phenoxy) is 1. The molecule has 150 valence electrons. The van der Waals surface area contributed by atoms with Gasteiger partial charge in [-0.3, -0.25) is 15.0 Å². The average molecular weight is 396 g/mol. The van der Waals surface area contributed by atoms with E-state index in [-0.39, 0.29) is 5.69 Å². The Morgan fingerprint density at radius 1 is 1.26 bits per heavy atom. The molecule has 27 heavy (non-hydrogen) atoms. The lowest BCUT2D eigenvalue weighted by Crippen LogP contribution is -2.41. The molecule has 0 saturated carbocycles. The van der Waals surface area contributed by atoms with Gasteiger partial charge in [0.1, 0.15) is 0 Å². The van der Waals surface area contributed by atoms with Gasteiger partial charge in [0.2, 0.25) is 0 Å². The molecule has 0 amide bonds. The number of non-ortho nitro benzene ring substituents is 1. The van der Waals surface area contributed by atoms with Crippen molar-refractivity contribution < 1.29 is 9.66 Å². The molecule has 0 radical (unpaired) electrons. The van der Waals surface area contributed by atoms with E-state index in [4.69, 9.17) is 4.74 Å². The fourth-order valence-corrected chi connectivity index (χ4v) is 2.98. The number of hydrogen-bond donors (Lipinski definition) is 2. The van der Waals surface area contributed by atoms with E-state index in [1.165, 1.54) is 12.1 Å². The minimum atomic E-state index is -0.390. The smallest absolute Gasteiger partial charge is 0.269 e. The number of nitrogens with one attached hydrogen (secondary N) is 2. The number of rotatable bonds is 10. The molecule has 8 nitrogen and oxygen atoms in total. The Bertz CT molecular complexity index is 591. The van der Waals surface area contributed by atoms with Crippen LogP contribution in [-0.4, -0.2) is 73.7 Å². The van der Waals surface area contributed by atoms with Crippen molar-refractivity contribution in [3.05, 3.63) is 39.9 Å². The Morgan fingerprint density at radius 2 is 1.96 bits per heavy atom. The molecule has 2 rings (SSSR count). The first-order chi connectivity index (χ1) is 13.2. The number of morpholine rings is 1. The van der Waals surface area contributed by atoms with Crippen LogP contribution < -0.4 is 10.6 Å². The van der Waals surface area contributed by atoms with Gasteiger partial charge in [0.15, 0.2) is 5.96 Å². The van der Waals surface area contributed by atoms with Crippen LogP contribution in [0, 0.1) is 10.1 Å². The standard InChI is InChI=1S/C18H29N5O3S/c1-27-14-8-20-18(19-7-2-9-22-10-12-26-13-11-22)21-15-16-3-5-17(6-4-16)23(24)25/h3-6H,2,7-15H2,1H3,(H2,19,20,21). The highest BCUT2D eigenvalue weighted by Crippen LogP contribution is 2.12. The second-order valence-corrected chi connectivity index (χ2v) is 7.23. The first-order valence-electron chi connectivity index (χ1n) is 9.23. The van der Waals surface area contributed by atoms with Crippen molar-refractivity contribution in [1.29, 1.82) is 0 Å². The summed E-state index contributed by atoms with van der Waals surface area (Å²) in [5.74, 6) is 1.79. The molecule has 0 bridgehead atoms. The van der Waals surface area contributed by atoms with Gasteiger partial charge in [-0.2, -0.15) is 11.8 Å². The van der Waals surface area contributed by atoms with Crippen molar-refractivity contribution in [3.63, 3.8) is 0 Å². The number of guanidine groups is 1. The summed E-state index contributed by atoms with van der Waals surface area (Å²) in [6.07, 6.45) is 3.12. The molecule has 1 aliphatic heterocycles. The molecular weight excluding hydrogens is 366 g/mol. The maximum absolute atomic E-state index is 10.7. The SMILES string of the molecule is CSCCNC(=NCc1ccc([N+](=O)[O-])cc1)NCCCN1CCOCC1. The highest BCUT2D eigenvalue weighted by Gasteiger charge is 2.09. The van der Waals surface area contributed by atoms with Crippen molar-refractivity contribution in [2.24, 2.45) is 4.99 Å². The Balaban J connectivity index is 1.80. The number of aliphatic imine (C=N–C) groups is 1. The van der Waals surface area contributed by atoms with E-state index in [9.17, 15) is 10.1 Å². The van der Waals surface area contributed by atoms with Gasteiger partial charge in [-0.1, -0.05) is 12.1 Å². The molecule has 0 spiro atoms. The van der Waals surface area contributed by atoms with Crippen LogP contribution in [0.5, 0.6) is 0 Å². The van der Waals surface area contributed by atoms with E-state index in [0.717, 1.165) is 69.6 Å². The highest BCUT2D eigenvalue weighted by atomic mass is 32.2. The fourth-order valence-electron chi connectivity index (χ4n) is 2.67. The number of nitrogens with zero attached hydrogens (tertiary/aromatic N) is 3. The summed E-state index contributed by atoms with van der Waals surface area (Å²) in [5.41, 5.74) is 1.04. The Morgan fingerprint density at radius 3 is 2.63 bits per heavy atom. The monoisotopic (exact) mass is 395 g/mol. The van der Waals surface area contributed by atoms with Crippen LogP contribution in [0.25, 0.3) is 0 Å². The lowest BCUT2D eigenvalue weighted by atomic mass is 10.2. The van der Waals surface area contributed by atoms with E-state index in [0.29, 0.717) is 6.54 Å². The van der Waals surface area contributed by atoms with Gasteiger partial charge in [0.05, 0.1) is 24.7 Å². The van der Waals surface area contributed by atoms with Crippen LogP contribution in [0.2, 0.25) is 0 Å². The normalized spacial score (nSPS) is 15.5. The number of nitro benzene ring substituents is 1. The zero-order chi connectivity index (χ0) is 19.3. The van der Waals surface area contributed by atoms with Crippen molar-refractivity contribution in [2.45, 2.75) is 13.0 Å². The van der Waals surface area contributed by atoms with E-state index in [2.05, 4.69) is 26.8 Å². The summed E-state index contributed by atoms with van der Waals surface area (Å²) >= 11 is 1.78. The number of nitro groups is 1. The minimum absolute atomic E-state index is 0.0993. The lowest BCUT2D eigenvalue weighted by molar-refractivity contribution is -0.384. The van der Waals surface area contributed by atoms with E-state index in [1.807, 2.05) is 0 Å². The molecule has 1 aromatic carbocycles.